The van der Waals surface area contributed by atoms with E-state index < -0.39 is 39.4 Å². The predicted molar refractivity (Wildman–Crippen MR) is 143 cm³/mol. The van der Waals surface area contributed by atoms with E-state index in [1.165, 1.54) is 6.08 Å². The molecule has 1 N–H and O–H groups in total. The highest BCUT2D eigenvalue weighted by molar-refractivity contribution is 8.02. The number of esters is 1. The molecular weight excluding hydrogens is 476 g/mol. The van der Waals surface area contributed by atoms with Crippen molar-refractivity contribution in [2.75, 3.05) is 19.8 Å². The summed E-state index contributed by atoms with van der Waals surface area (Å²) in [5.74, 6) is -2.01. The van der Waals surface area contributed by atoms with Gasteiger partial charge in [0.2, 0.25) is 11.8 Å². The van der Waals surface area contributed by atoms with Crippen LogP contribution in [0.4, 0.5) is 0 Å². The van der Waals surface area contributed by atoms with Crippen molar-refractivity contribution in [2.45, 2.75) is 94.3 Å². The molecule has 2 bridgehead atoms. The molecule has 3 rings (SSSR count). The maximum atomic E-state index is 14.5. The number of fused-ring (bicyclic) bond motifs is 1. The van der Waals surface area contributed by atoms with Crippen LogP contribution < -0.4 is 0 Å². The monoisotopic (exact) mass is 520 g/mol. The smallest absolute Gasteiger partial charge is 0.311 e. The second-order valence-electron chi connectivity index (χ2n) is 10.9. The first-order chi connectivity index (χ1) is 17.1. The molecule has 0 aromatic carbocycles. The van der Waals surface area contributed by atoms with Gasteiger partial charge in [-0.1, -0.05) is 52.3 Å². The van der Waals surface area contributed by atoms with Crippen molar-refractivity contribution in [3.63, 3.8) is 0 Å². The van der Waals surface area contributed by atoms with Gasteiger partial charge in [0.15, 0.2) is 0 Å². The third kappa shape index (κ3) is 4.53. The van der Waals surface area contributed by atoms with Crippen molar-refractivity contribution in [3.05, 3.63) is 25.3 Å². The van der Waals surface area contributed by atoms with Gasteiger partial charge >= 0.3 is 5.97 Å². The number of aliphatic hydroxyl groups excluding tert-OH is 1. The molecule has 0 aromatic rings. The summed E-state index contributed by atoms with van der Waals surface area (Å²) in [6.45, 7) is 17.9. The molecule has 2 amide bonds. The van der Waals surface area contributed by atoms with Crippen LogP contribution in [0.25, 0.3) is 0 Å². The van der Waals surface area contributed by atoms with E-state index in [1.54, 1.807) is 22.7 Å². The highest BCUT2D eigenvalue weighted by Gasteiger charge is 2.78. The minimum atomic E-state index is -0.746. The summed E-state index contributed by atoms with van der Waals surface area (Å²) in [7, 11) is 0. The zero-order chi connectivity index (χ0) is 26.8. The van der Waals surface area contributed by atoms with Gasteiger partial charge in [0.25, 0.3) is 0 Å². The van der Waals surface area contributed by atoms with Gasteiger partial charge in [0.1, 0.15) is 12.6 Å². The van der Waals surface area contributed by atoms with Crippen molar-refractivity contribution in [2.24, 2.45) is 17.8 Å². The van der Waals surface area contributed by atoms with Crippen LogP contribution in [0.2, 0.25) is 0 Å². The van der Waals surface area contributed by atoms with Gasteiger partial charge in [-0.05, 0) is 39.0 Å². The first kappa shape index (κ1) is 28.8. The molecule has 3 aliphatic rings. The van der Waals surface area contributed by atoms with E-state index in [2.05, 4.69) is 20.1 Å². The second kappa shape index (κ2) is 11.3. The molecule has 3 heterocycles. The first-order valence-corrected chi connectivity index (χ1v) is 14.2. The maximum absolute atomic E-state index is 14.5. The molecule has 3 fully saturated rings. The Kier molecular flexibility index (Phi) is 9.03. The molecule has 202 valence electrons. The number of carbonyl (C=O) groups excluding carboxylic acids is 3. The van der Waals surface area contributed by atoms with Gasteiger partial charge in [-0.3, -0.25) is 14.4 Å². The molecule has 36 heavy (non-hydrogen) atoms. The number of amides is 2. The summed E-state index contributed by atoms with van der Waals surface area (Å²) in [6.07, 6.45) is 7.18. The average Bonchev–Trinajstić information content (AvgIpc) is 3.42. The first-order valence-electron chi connectivity index (χ1n) is 13.4. The summed E-state index contributed by atoms with van der Waals surface area (Å²) in [5.41, 5.74) is 0. The molecule has 8 atom stereocenters. The number of hydrogen-bond donors (Lipinski definition) is 1. The Morgan fingerprint density at radius 2 is 1.97 bits per heavy atom. The summed E-state index contributed by atoms with van der Waals surface area (Å²) in [4.78, 5) is 45.6. The largest absolute Gasteiger partial charge is 0.461 e. The van der Waals surface area contributed by atoms with Crippen molar-refractivity contribution < 1.29 is 24.2 Å². The molecule has 0 saturated carbocycles. The average molecular weight is 521 g/mol. The Labute approximate surface area is 220 Å². The molecule has 0 aliphatic carbocycles. The SMILES string of the molecule is C=CCOC(=O)[C@@H]1[C@H]2C(=O)N([C@@H](CO)[C@@H](C)CC)C(C(=O)N(CC=C)C(C)CCC)C23CC[C@@]1(C)S3. The third-order valence-corrected chi connectivity index (χ3v) is 10.7. The molecule has 3 unspecified atom stereocenters. The number of carbonyl (C=O) groups is 3. The van der Waals surface area contributed by atoms with Gasteiger partial charge < -0.3 is 19.6 Å². The Bertz CT molecular complexity index is 880. The Hall–Kier alpha value is -1.80. The van der Waals surface area contributed by atoms with E-state index in [-0.39, 0.29) is 37.0 Å². The fourth-order valence-electron chi connectivity index (χ4n) is 6.76. The molecule has 3 saturated heterocycles. The number of likely N-dealkylation sites (tertiary alicyclic amines) is 1. The molecule has 1 spiro atoms. The van der Waals surface area contributed by atoms with E-state index in [1.807, 2.05) is 32.6 Å². The van der Waals surface area contributed by atoms with E-state index in [4.69, 9.17) is 4.74 Å². The van der Waals surface area contributed by atoms with Crippen LogP contribution in [0.1, 0.15) is 66.7 Å². The summed E-state index contributed by atoms with van der Waals surface area (Å²) >= 11 is 1.63. The summed E-state index contributed by atoms with van der Waals surface area (Å²) in [6, 6.07) is -1.26. The van der Waals surface area contributed by atoms with E-state index in [0.29, 0.717) is 13.0 Å². The highest BCUT2D eigenvalue weighted by Crippen LogP contribution is 2.72. The van der Waals surface area contributed by atoms with Gasteiger partial charge in [0.05, 0.1) is 29.2 Å². The maximum Gasteiger partial charge on any atom is 0.311 e. The van der Waals surface area contributed by atoms with Crippen LogP contribution in [0.3, 0.4) is 0 Å². The van der Waals surface area contributed by atoms with Crippen LogP contribution >= 0.6 is 11.8 Å². The van der Waals surface area contributed by atoms with Crippen LogP contribution in [-0.2, 0) is 19.1 Å². The van der Waals surface area contributed by atoms with Crippen molar-refractivity contribution in [1.82, 2.24) is 9.80 Å². The van der Waals surface area contributed by atoms with Crippen molar-refractivity contribution in [1.29, 1.82) is 0 Å². The number of rotatable bonds is 13. The molecule has 7 nitrogen and oxygen atoms in total. The molecule has 8 heteroatoms. The lowest BCUT2D eigenvalue weighted by Crippen LogP contribution is -2.59. The summed E-state index contributed by atoms with van der Waals surface area (Å²) in [5, 5.41) is 10.5. The molecule has 0 aromatic heterocycles. The van der Waals surface area contributed by atoms with Gasteiger partial charge in [-0.25, -0.2) is 0 Å². The summed E-state index contributed by atoms with van der Waals surface area (Å²) < 4.78 is 4.28. The standard InChI is InChI=1S/C28H44N2O5S/c1-8-12-19(6)29(15-9-2)25(33)23-28-14-13-27(7,36-28)22(26(34)35-16-10-3)21(28)24(32)30(23)20(17-31)18(5)11-4/h9-10,18-23,31H,2-3,8,11-17H2,1,4-7H3/t18-,19?,20-,21-,22-,23?,27+,28?/m0/s1. The quantitative estimate of drug-likeness (QED) is 0.294. The lowest BCUT2D eigenvalue weighted by atomic mass is 9.66. The van der Waals surface area contributed by atoms with Crippen molar-refractivity contribution in [3.8, 4) is 0 Å². The van der Waals surface area contributed by atoms with Crippen LogP contribution in [0.15, 0.2) is 25.3 Å². The predicted octanol–water partition coefficient (Wildman–Crippen LogP) is 3.81. The van der Waals surface area contributed by atoms with E-state index in [0.717, 1.165) is 25.7 Å². The zero-order valence-electron chi connectivity index (χ0n) is 22.6. The fraction of sp³-hybridized carbons (Fsp3) is 0.750. The van der Waals surface area contributed by atoms with Crippen LogP contribution in [0, 0.1) is 17.8 Å². The minimum absolute atomic E-state index is 0.00523. The number of ether oxygens (including phenoxy) is 1. The number of hydrogen-bond acceptors (Lipinski definition) is 6. The number of aliphatic hydroxyl groups is 1. The van der Waals surface area contributed by atoms with Gasteiger partial charge in [-0.15, -0.1) is 18.3 Å². The second-order valence-corrected chi connectivity index (χ2v) is 12.8. The molecular formula is C28H44N2O5S. The van der Waals surface area contributed by atoms with Crippen molar-refractivity contribution >= 4 is 29.5 Å². The number of nitrogens with zero attached hydrogens (tertiary/aromatic N) is 2. The number of thioether (sulfide) groups is 1. The van der Waals surface area contributed by atoms with E-state index in [9.17, 15) is 19.5 Å². The van der Waals surface area contributed by atoms with E-state index >= 15 is 0 Å². The lowest BCUT2D eigenvalue weighted by molar-refractivity contribution is -0.155. The Balaban J connectivity index is 2.15. The highest BCUT2D eigenvalue weighted by atomic mass is 32.2. The Morgan fingerprint density at radius 3 is 2.53 bits per heavy atom. The van der Waals surface area contributed by atoms with Crippen LogP contribution in [0.5, 0.6) is 0 Å². The Morgan fingerprint density at radius 1 is 1.28 bits per heavy atom. The zero-order valence-corrected chi connectivity index (χ0v) is 23.4. The molecule has 0 radical (unpaired) electrons. The lowest BCUT2D eigenvalue weighted by Gasteiger charge is -2.42. The van der Waals surface area contributed by atoms with Crippen LogP contribution in [-0.4, -0.2) is 80.1 Å². The van der Waals surface area contributed by atoms with Gasteiger partial charge in [-0.2, -0.15) is 0 Å². The topological polar surface area (TPSA) is 87.1 Å². The third-order valence-electron chi connectivity index (χ3n) is 8.74. The van der Waals surface area contributed by atoms with Gasteiger partial charge in [0, 0.05) is 17.3 Å². The minimum Gasteiger partial charge on any atom is -0.461 e. The normalized spacial score (nSPS) is 33.1. The fourth-order valence-corrected chi connectivity index (χ4v) is 9.09. The molecule has 3 aliphatic heterocycles.